The number of nitrogens with zero attached hydrogens (tertiary/aromatic N) is 1. The topological polar surface area (TPSA) is 21.7 Å². The highest BCUT2D eigenvalue weighted by atomic mass is 127. The second-order valence-electron chi connectivity index (χ2n) is 9.63. The van der Waals surface area contributed by atoms with E-state index in [0.29, 0.717) is 12.6 Å². The summed E-state index contributed by atoms with van der Waals surface area (Å²) in [5, 5.41) is 2.69. The van der Waals surface area contributed by atoms with Gasteiger partial charge in [0.05, 0.1) is 25.4 Å². The molecular weight excluding hydrogens is 501 g/mol. The maximum Gasteiger partial charge on any atom is 0.261 e. The van der Waals surface area contributed by atoms with Gasteiger partial charge in [-0.05, 0) is 41.3 Å². The number of benzene rings is 2. The molecule has 0 N–H and O–H groups in total. The molecule has 0 bridgehead atoms. The highest BCUT2D eigenvalue weighted by Crippen LogP contribution is 2.39. The Balaban J connectivity index is 1.73. The number of alkyl halides is 1. The molecule has 2 fully saturated rings. The minimum absolute atomic E-state index is 0.00194. The summed E-state index contributed by atoms with van der Waals surface area (Å²) < 4.78 is 14.2. The van der Waals surface area contributed by atoms with Gasteiger partial charge in [-0.3, -0.25) is 4.90 Å². The highest BCUT2D eigenvalue weighted by molar-refractivity contribution is 14.1. The molecule has 2 aromatic rings. The standard InChI is InChI=1S/C25H34INO2Si/c1-25(2,3)30(21-10-6-4-7-11-21,22-12-8-5-9-13-22)29-24-19-28-18-23(24)27-16-14-20(26)15-17-27/h4-13,20,23-24H,14-19H2,1-3H3/t23-,24+/m0/s1. The molecule has 0 radical (unpaired) electrons. The van der Waals surface area contributed by atoms with Crippen LogP contribution in [0.25, 0.3) is 0 Å². The Bertz CT molecular complexity index is 763. The van der Waals surface area contributed by atoms with Gasteiger partial charge in [0.15, 0.2) is 0 Å². The first-order chi connectivity index (χ1) is 14.4. The molecule has 2 aromatic carbocycles. The van der Waals surface area contributed by atoms with Gasteiger partial charge in [0.25, 0.3) is 8.32 Å². The number of rotatable bonds is 5. The predicted octanol–water partition coefficient (Wildman–Crippen LogP) is 4.23. The van der Waals surface area contributed by atoms with E-state index in [0.717, 1.165) is 23.6 Å². The Hall–Kier alpha value is -0.733. The number of hydrogen-bond acceptors (Lipinski definition) is 3. The second kappa shape index (κ2) is 9.41. The van der Waals surface area contributed by atoms with Crippen LogP contribution >= 0.6 is 22.6 Å². The van der Waals surface area contributed by atoms with E-state index in [1.807, 2.05) is 0 Å². The molecule has 5 heteroatoms. The molecule has 2 atom stereocenters. The Labute approximate surface area is 196 Å². The quantitative estimate of drug-likeness (QED) is 0.325. The largest absolute Gasteiger partial charge is 0.400 e. The van der Waals surface area contributed by atoms with E-state index < -0.39 is 8.32 Å². The van der Waals surface area contributed by atoms with Crippen LogP contribution in [-0.4, -0.2) is 55.6 Å². The van der Waals surface area contributed by atoms with Gasteiger partial charge in [0, 0.05) is 3.92 Å². The molecule has 3 nitrogen and oxygen atoms in total. The lowest BCUT2D eigenvalue weighted by Gasteiger charge is -2.46. The molecule has 162 valence electrons. The normalized spacial score (nSPS) is 24.3. The Morgan fingerprint density at radius 1 is 0.900 bits per heavy atom. The highest BCUT2D eigenvalue weighted by Gasteiger charge is 2.53. The van der Waals surface area contributed by atoms with Crippen LogP contribution in [0.1, 0.15) is 33.6 Å². The lowest BCUT2D eigenvalue weighted by atomic mass is 10.1. The van der Waals surface area contributed by atoms with Crippen molar-refractivity contribution in [1.29, 1.82) is 0 Å². The van der Waals surface area contributed by atoms with Gasteiger partial charge in [-0.1, -0.05) is 104 Å². The number of hydrogen-bond donors (Lipinski definition) is 0. The fraction of sp³-hybridized carbons (Fsp3) is 0.520. The first kappa shape index (κ1) is 22.5. The SMILES string of the molecule is CC(C)(C)[Si](O[C@@H]1COC[C@@H]1N1CCC(I)CC1)(c1ccccc1)c1ccccc1. The second-order valence-corrected chi connectivity index (χ2v) is 15.6. The zero-order chi connectivity index (χ0) is 21.2. The van der Waals surface area contributed by atoms with E-state index in [9.17, 15) is 0 Å². The maximum atomic E-state index is 7.40. The molecule has 2 aliphatic heterocycles. The fourth-order valence-electron chi connectivity index (χ4n) is 5.09. The molecule has 4 rings (SSSR count). The Morgan fingerprint density at radius 3 is 1.93 bits per heavy atom. The summed E-state index contributed by atoms with van der Waals surface area (Å²) in [6, 6.07) is 22.3. The van der Waals surface area contributed by atoms with Crippen molar-refractivity contribution >= 4 is 41.3 Å². The molecule has 0 aromatic heterocycles. The van der Waals surface area contributed by atoms with Crippen LogP contribution in [0.2, 0.25) is 5.04 Å². The van der Waals surface area contributed by atoms with Gasteiger partial charge in [-0.2, -0.15) is 0 Å². The predicted molar refractivity (Wildman–Crippen MR) is 136 cm³/mol. The van der Waals surface area contributed by atoms with Crippen LogP contribution < -0.4 is 10.4 Å². The number of likely N-dealkylation sites (tertiary alicyclic amines) is 1. The average Bonchev–Trinajstić information content (AvgIpc) is 3.21. The first-order valence-corrected chi connectivity index (χ1v) is 14.3. The number of piperidine rings is 1. The van der Waals surface area contributed by atoms with Gasteiger partial charge in [-0.15, -0.1) is 0 Å². The smallest absolute Gasteiger partial charge is 0.261 e. The van der Waals surface area contributed by atoms with E-state index in [1.54, 1.807) is 0 Å². The van der Waals surface area contributed by atoms with Gasteiger partial charge in [0.2, 0.25) is 0 Å². The van der Waals surface area contributed by atoms with Crippen molar-refractivity contribution < 1.29 is 9.16 Å². The van der Waals surface area contributed by atoms with Crippen molar-refractivity contribution in [2.75, 3.05) is 26.3 Å². The van der Waals surface area contributed by atoms with E-state index in [2.05, 4.69) is 109 Å². The van der Waals surface area contributed by atoms with Crippen LogP contribution in [0.3, 0.4) is 0 Å². The van der Waals surface area contributed by atoms with Crippen molar-refractivity contribution in [1.82, 2.24) is 4.90 Å². The van der Waals surface area contributed by atoms with Crippen molar-refractivity contribution in [3.63, 3.8) is 0 Å². The maximum absolute atomic E-state index is 7.40. The van der Waals surface area contributed by atoms with Crippen LogP contribution in [0.4, 0.5) is 0 Å². The third-order valence-corrected chi connectivity index (χ3v) is 13.0. The molecule has 2 saturated heterocycles. The number of ether oxygens (including phenoxy) is 1. The average molecular weight is 536 g/mol. The summed E-state index contributed by atoms with van der Waals surface area (Å²) in [7, 11) is -2.54. The molecule has 30 heavy (non-hydrogen) atoms. The zero-order valence-corrected chi connectivity index (χ0v) is 21.5. The van der Waals surface area contributed by atoms with Gasteiger partial charge >= 0.3 is 0 Å². The Morgan fingerprint density at radius 2 is 1.43 bits per heavy atom. The molecule has 0 amide bonds. The number of halogens is 1. The zero-order valence-electron chi connectivity index (χ0n) is 18.4. The first-order valence-electron chi connectivity index (χ1n) is 11.2. The van der Waals surface area contributed by atoms with Gasteiger partial charge in [0.1, 0.15) is 0 Å². The van der Waals surface area contributed by atoms with E-state index in [4.69, 9.17) is 9.16 Å². The van der Waals surface area contributed by atoms with Crippen molar-refractivity contribution in [3.05, 3.63) is 60.7 Å². The van der Waals surface area contributed by atoms with Crippen LogP contribution in [-0.2, 0) is 9.16 Å². The van der Waals surface area contributed by atoms with Crippen LogP contribution in [0.5, 0.6) is 0 Å². The van der Waals surface area contributed by atoms with Gasteiger partial charge in [-0.25, -0.2) is 0 Å². The molecule has 0 aliphatic carbocycles. The summed E-state index contributed by atoms with van der Waals surface area (Å²) in [5.74, 6) is 0. The van der Waals surface area contributed by atoms with Crippen LogP contribution in [0.15, 0.2) is 60.7 Å². The lowest BCUT2D eigenvalue weighted by Crippen LogP contribution is -2.69. The molecule has 2 heterocycles. The Kier molecular flexibility index (Phi) is 7.04. The van der Waals surface area contributed by atoms with Crippen LogP contribution in [0, 0.1) is 0 Å². The van der Waals surface area contributed by atoms with E-state index in [-0.39, 0.29) is 11.1 Å². The summed E-state index contributed by atoms with van der Waals surface area (Å²) in [4.78, 5) is 2.63. The minimum Gasteiger partial charge on any atom is -0.400 e. The minimum atomic E-state index is -2.54. The van der Waals surface area contributed by atoms with E-state index >= 15 is 0 Å². The third-order valence-electron chi connectivity index (χ3n) is 6.67. The molecular formula is C25H34INO2Si. The summed E-state index contributed by atoms with van der Waals surface area (Å²) in [5.41, 5.74) is 0. The van der Waals surface area contributed by atoms with Crippen molar-refractivity contribution in [2.24, 2.45) is 0 Å². The van der Waals surface area contributed by atoms with E-state index in [1.165, 1.54) is 23.2 Å². The summed E-state index contributed by atoms with van der Waals surface area (Å²) in [6.45, 7) is 10.8. The third kappa shape index (κ3) is 4.42. The summed E-state index contributed by atoms with van der Waals surface area (Å²) >= 11 is 2.60. The van der Waals surface area contributed by atoms with Gasteiger partial charge < -0.3 is 9.16 Å². The molecule has 0 saturated carbocycles. The molecule has 0 spiro atoms. The molecule has 0 unspecified atom stereocenters. The van der Waals surface area contributed by atoms with Crippen molar-refractivity contribution in [3.8, 4) is 0 Å². The summed E-state index contributed by atoms with van der Waals surface area (Å²) in [6.07, 6.45) is 2.65. The van der Waals surface area contributed by atoms with Crippen molar-refractivity contribution in [2.45, 2.75) is 54.7 Å². The monoisotopic (exact) mass is 535 g/mol. The fourth-order valence-corrected chi connectivity index (χ4v) is 10.3. The molecule has 2 aliphatic rings. The lowest BCUT2D eigenvalue weighted by molar-refractivity contribution is 0.0813.